The summed E-state index contributed by atoms with van der Waals surface area (Å²) in [5.41, 5.74) is 2.57. The predicted octanol–water partition coefficient (Wildman–Crippen LogP) is 2.55. The molecule has 0 bridgehead atoms. The van der Waals surface area contributed by atoms with Gasteiger partial charge in [0.25, 0.3) is 0 Å². The lowest BCUT2D eigenvalue weighted by atomic mass is 10.0. The summed E-state index contributed by atoms with van der Waals surface area (Å²) in [6, 6.07) is 7.59. The van der Waals surface area contributed by atoms with Gasteiger partial charge in [-0.3, -0.25) is 0 Å². The van der Waals surface area contributed by atoms with Crippen LogP contribution in [0.15, 0.2) is 30.5 Å². The number of fused-ring (bicyclic) bond motifs is 1. The van der Waals surface area contributed by atoms with Crippen LogP contribution in [0.5, 0.6) is 0 Å². The molecule has 2 N–H and O–H groups in total. The normalized spacial score (nSPS) is 11.8. The fourth-order valence-electron chi connectivity index (χ4n) is 1.95. The number of benzene rings is 1. The van der Waals surface area contributed by atoms with Crippen LogP contribution in [0.4, 0.5) is 0 Å². The van der Waals surface area contributed by atoms with E-state index in [0.717, 1.165) is 22.9 Å². The Morgan fingerprint density at radius 2 is 2.12 bits per heavy atom. The molecule has 0 saturated heterocycles. The van der Waals surface area contributed by atoms with Crippen molar-refractivity contribution in [2.45, 2.75) is 6.92 Å². The number of hydrogen-bond donors (Lipinski definition) is 2. The van der Waals surface area contributed by atoms with Gasteiger partial charge in [-0.15, -0.1) is 0 Å². The molecule has 0 radical (unpaired) electrons. The van der Waals surface area contributed by atoms with Crippen molar-refractivity contribution >= 4 is 22.4 Å². The number of aromatic amines is 1. The van der Waals surface area contributed by atoms with E-state index in [9.17, 15) is 9.90 Å². The molecule has 0 fully saturated rings. The molecule has 88 valence electrons. The van der Waals surface area contributed by atoms with Crippen molar-refractivity contribution in [3.63, 3.8) is 0 Å². The Morgan fingerprint density at radius 1 is 1.41 bits per heavy atom. The number of nitrogens with one attached hydrogen (secondary N) is 1. The number of ether oxygens (including phenoxy) is 1. The quantitative estimate of drug-likeness (QED) is 0.474. The van der Waals surface area contributed by atoms with Crippen LogP contribution < -0.4 is 0 Å². The van der Waals surface area contributed by atoms with Gasteiger partial charge in [0.15, 0.2) is 0 Å². The average Bonchev–Trinajstić information content (AvgIpc) is 2.67. The molecule has 0 amide bonds. The van der Waals surface area contributed by atoms with E-state index in [2.05, 4.69) is 9.72 Å². The first-order chi connectivity index (χ1) is 8.19. The number of H-pyrrole nitrogens is 1. The Balaban J connectivity index is 2.69. The molecule has 0 aliphatic rings. The van der Waals surface area contributed by atoms with Crippen LogP contribution in [-0.2, 0) is 9.53 Å². The fourth-order valence-corrected chi connectivity index (χ4v) is 1.95. The van der Waals surface area contributed by atoms with Gasteiger partial charge < -0.3 is 14.8 Å². The van der Waals surface area contributed by atoms with Crippen LogP contribution in [0.3, 0.4) is 0 Å². The highest BCUT2D eigenvalue weighted by atomic mass is 16.5. The number of aliphatic hydroxyl groups is 1. The van der Waals surface area contributed by atoms with Crippen LogP contribution in [0.1, 0.15) is 11.3 Å². The summed E-state index contributed by atoms with van der Waals surface area (Å²) in [7, 11) is 1.29. The number of rotatable bonds is 2. The third-order valence-corrected chi connectivity index (χ3v) is 2.70. The van der Waals surface area contributed by atoms with Crippen LogP contribution in [0.25, 0.3) is 16.5 Å². The number of aryl methyl sites for hydroxylation is 1. The maximum Gasteiger partial charge on any atom is 0.341 e. The second kappa shape index (κ2) is 4.33. The highest BCUT2D eigenvalue weighted by molar-refractivity contribution is 6.20. The van der Waals surface area contributed by atoms with Gasteiger partial charge in [-0.25, -0.2) is 4.79 Å². The average molecular weight is 231 g/mol. The van der Waals surface area contributed by atoms with Crippen LogP contribution in [0.2, 0.25) is 0 Å². The Kier molecular flexibility index (Phi) is 2.87. The molecule has 0 unspecified atom stereocenters. The van der Waals surface area contributed by atoms with E-state index >= 15 is 0 Å². The summed E-state index contributed by atoms with van der Waals surface area (Å²) in [5, 5.41) is 10.1. The highest BCUT2D eigenvalue weighted by Gasteiger charge is 2.19. The summed E-state index contributed by atoms with van der Waals surface area (Å²) in [5.74, 6) is -0.555. The molecule has 0 atom stereocenters. The lowest BCUT2D eigenvalue weighted by molar-refractivity contribution is -0.133. The zero-order valence-electron chi connectivity index (χ0n) is 9.65. The van der Waals surface area contributed by atoms with Gasteiger partial charge in [-0.1, -0.05) is 18.2 Å². The number of esters is 1. The molecule has 4 heteroatoms. The third-order valence-electron chi connectivity index (χ3n) is 2.70. The minimum absolute atomic E-state index is 0.155. The first-order valence-corrected chi connectivity index (χ1v) is 5.19. The lowest BCUT2D eigenvalue weighted by Crippen LogP contribution is -2.04. The predicted molar refractivity (Wildman–Crippen MR) is 65.7 cm³/mol. The molecule has 17 heavy (non-hydrogen) atoms. The molecule has 2 aromatic rings. The number of aliphatic hydroxyl groups excluding tert-OH is 1. The van der Waals surface area contributed by atoms with Crippen LogP contribution in [0, 0.1) is 6.92 Å². The summed E-state index contributed by atoms with van der Waals surface area (Å²) in [6.45, 7) is 1.85. The molecule has 0 aliphatic carbocycles. The SMILES string of the molecule is COC(=O)/C(=C/O)c1c(C)[nH]c2ccccc12. The highest BCUT2D eigenvalue weighted by Crippen LogP contribution is 2.28. The van der Waals surface area contributed by atoms with Gasteiger partial charge in [0, 0.05) is 22.2 Å². The summed E-state index contributed by atoms with van der Waals surface area (Å²) < 4.78 is 4.65. The van der Waals surface area contributed by atoms with E-state index in [1.165, 1.54) is 7.11 Å². The monoisotopic (exact) mass is 231 g/mol. The van der Waals surface area contributed by atoms with Gasteiger partial charge >= 0.3 is 5.97 Å². The number of para-hydroxylation sites is 1. The Morgan fingerprint density at radius 3 is 2.76 bits per heavy atom. The summed E-state index contributed by atoms with van der Waals surface area (Å²) >= 11 is 0. The lowest BCUT2D eigenvalue weighted by Gasteiger charge is -2.04. The number of methoxy groups -OCH3 is 1. The van der Waals surface area contributed by atoms with E-state index in [-0.39, 0.29) is 5.57 Å². The molecular weight excluding hydrogens is 218 g/mol. The number of hydrogen-bond acceptors (Lipinski definition) is 3. The van der Waals surface area contributed by atoms with E-state index < -0.39 is 5.97 Å². The maximum atomic E-state index is 11.6. The summed E-state index contributed by atoms with van der Waals surface area (Å²) in [4.78, 5) is 14.7. The molecule has 1 aromatic heterocycles. The molecule has 0 saturated carbocycles. The number of aromatic nitrogens is 1. The molecule has 0 aliphatic heterocycles. The Bertz CT molecular complexity index is 596. The van der Waals surface area contributed by atoms with E-state index in [1.54, 1.807) is 0 Å². The standard InChI is InChI=1S/C13H13NO3/c1-8-12(10(7-15)13(16)17-2)9-5-3-4-6-11(9)14-8/h3-7,14-15H,1-2H3/b10-7+. The second-order valence-electron chi connectivity index (χ2n) is 3.70. The smallest absolute Gasteiger partial charge is 0.341 e. The van der Waals surface area contributed by atoms with Crippen molar-refractivity contribution in [3.05, 3.63) is 41.8 Å². The first-order valence-electron chi connectivity index (χ1n) is 5.19. The minimum Gasteiger partial charge on any atom is -0.515 e. The molecule has 4 nitrogen and oxygen atoms in total. The van der Waals surface area contributed by atoms with Crippen LogP contribution in [-0.4, -0.2) is 23.2 Å². The van der Waals surface area contributed by atoms with Crippen molar-refractivity contribution in [1.82, 2.24) is 4.98 Å². The summed E-state index contributed by atoms with van der Waals surface area (Å²) in [6.07, 6.45) is 0.786. The van der Waals surface area contributed by atoms with Crippen molar-refractivity contribution in [2.24, 2.45) is 0 Å². The molecule has 1 aromatic carbocycles. The number of carbonyl (C=O) groups excluding carboxylic acids is 1. The van der Waals surface area contributed by atoms with Crippen molar-refractivity contribution in [1.29, 1.82) is 0 Å². The molecule has 1 heterocycles. The van der Waals surface area contributed by atoms with Crippen molar-refractivity contribution in [3.8, 4) is 0 Å². The largest absolute Gasteiger partial charge is 0.515 e. The van der Waals surface area contributed by atoms with E-state index in [1.807, 2.05) is 31.2 Å². The van der Waals surface area contributed by atoms with Crippen molar-refractivity contribution < 1.29 is 14.6 Å². The fraction of sp³-hybridized carbons (Fsp3) is 0.154. The zero-order chi connectivity index (χ0) is 12.4. The van der Waals surface area contributed by atoms with Gasteiger partial charge in [-0.05, 0) is 13.0 Å². The third kappa shape index (κ3) is 1.78. The Hall–Kier alpha value is -2.23. The van der Waals surface area contributed by atoms with E-state index in [0.29, 0.717) is 5.56 Å². The van der Waals surface area contributed by atoms with Crippen LogP contribution >= 0.6 is 0 Å². The van der Waals surface area contributed by atoms with Gasteiger partial charge in [0.05, 0.1) is 13.4 Å². The maximum absolute atomic E-state index is 11.6. The van der Waals surface area contributed by atoms with Crippen molar-refractivity contribution in [2.75, 3.05) is 7.11 Å². The Labute approximate surface area is 98.5 Å². The number of carbonyl (C=O) groups is 1. The first kappa shape index (κ1) is 11.3. The van der Waals surface area contributed by atoms with Gasteiger partial charge in [0.2, 0.25) is 0 Å². The second-order valence-corrected chi connectivity index (χ2v) is 3.70. The zero-order valence-corrected chi connectivity index (χ0v) is 9.65. The topological polar surface area (TPSA) is 62.3 Å². The minimum atomic E-state index is -0.555. The molecule has 0 spiro atoms. The molecular formula is C13H13NO3. The van der Waals surface area contributed by atoms with Gasteiger partial charge in [-0.2, -0.15) is 0 Å². The molecule has 2 rings (SSSR count). The van der Waals surface area contributed by atoms with E-state index in [4.69, 9.17) is 0 Å². The van der Waals surface area contributed by atoms with Gasteiger partial charge in [0.1, 0.15) is 5.57 Å².